The van der Waals surface area contributed by atoms with Crippen LogP contribution in [-0.2, 0) is 6.42 Å². The summed E-state index contributed by atoms with van der Waals surface area (Å²) in [4.78, 5) is 0. The third-order valence-corrected chi connectivity index (χ3v) is 5.65. The van der Waals surface area contributed by atoms with Crippen molar-refractivity contribution >= 4 is 15.9 Å². The highest BCUT2D eigenvalue weighted by atomic mass is 79.9. The third-order valence-electron chi connectivity index (χ3n) is 5.03. The number of methoxy groups -OCH3 is 1. The van der Waals surface area contributed by atoms with Crippen molar-refractivity contribution < 1.29 is 4.74 Å². The van der Waals surface area contributed by atoms with Crippen LogP contribution >= 0.6 is 15.9 Å². The average Bonchev–Trinajstić information content (AvgIpc) is 3.15. The van der Waals surface area contributed by atoms with E-state index in [-0.39, 0.29) is 0 Å². The van der Waals surface area contributed by atoms with E-state index in [4.69, 9.17) is 4.74 Å². The number of hydrogen-bond donors (Lipinski definition) is 1. The lowest BCUT2D eigenvalue weighted by molar-refractivity contribution is 0.320. The van der Waals surface area contributed by atoms with Gasteiger partial charge >= 0.3 is 0 Å². The number of hydrogen-bond acceptors (Lipinski definition) is 2. The Morgan fingerprint density at radius 3 is 2.62 bits per heavy atom. The molecule has 1 N–H and O–H groups in total. The fourth-order valence-electron chi connectivity index (χ4n) is 3.58. The smallest absolute Gasteiger partial charge is 0.133 e. The zero-order valence-corrected chi connectivity index (χ0v) is 14.5. The Balaban J connectivity index is 1.65. The number of ether oxygens (including phenoxy) is 1. The molecule has 0 bridgehead atoms. The van der Waals surface area contributed by atoms with E-state index in [9.17, 15) is 0 Å². The van der Waals surface area contributed by atoms with Gasteiger partial charge in [0.2, 0.25) is 0 Å². The molecule has 0 aromatic heterocycles. The van der Waals surface area contributed by atoms with Gasteiger partial charge in [0, 0.05) is 6.04 Å². The summed E-state index contributed by atoms with van der Waals surface area (Å²) >= 11 is 3.61. The van der Waals surface area contributed by atoms with Crippen molar-refractivity contribution in [2.45, 2.75) is 51.0 Å². The molecule has 2 saturated carbocycles. The quantitative estimate of drug-likeness (QED) is 0.777. The molecular formula is C18H26BrNO. The van der Waals surface area contributed by atoms with Gasteiger partial charge in [-0.1, -0.05) is 31.7 Å². The highest BCUT2D eigenvalue weighted by Crippen LogP contribution is 2.35. The molecule has 3 heteroatoms. The minimum atomic E-state index is 0.786. The van der Waals surface area contributed by atoms with E-state index in [0.29, 0.717) is 0 Å². The lowest BCUT2D eigenvalue weighted by Gasteiger charge is -2.24. The summed E-state index contributed by atoms with van der Waals surface area (Å²) in [6, 6.07) is 7.36. The van der Waals surface area contributed by atoms with E-state index in [1.165, 1.54) is 57.1 Å². The van der Waals surface area contributed by atoms with Crippen molar-refractivity contribution in [3.05, 3.63) is 28.2 Å². The highest BCUT2D eigenvalue weighted by Gasteiger charge is 2.28. The Bertz CT molecular complexity index is 466. The number of benzene rings is 1. The molecule has 21 heavy (non-hydrogen) atoms. The molecule has 1 aromatic rings. The van der Waals surface area contributed by atoms with E-state index in [1.54, 1.807) is 7.11 Å². The van der Waals surface area contributed by atoms with Crippen LogP contribution in [0.15, 0.2) is 22.7 Å². The lowest BCUT2D eigenvalue weighted by Crippen LogP contribution is -2.30. The molecule has 3 rings (SSSR count). The zero-order valence-electron chi connectivity index (χ0n) is 12.9. The summed E-state index contributed by atoms with van der Waals surface area (Å²) in [6.45, 7) is 1.19. The second-order valence-corrected chi connectivity index (χ2v) is 7.51. The Hall–Kier alpha value is -0.540. The molecule has 0 saturated heterocycles. The summed E-state index contributed by atoms with van der Waals surface area (Å²) in [5.41, 5.74) is 1.43. The molecule has 0 radical (unpaired) electrons. The fraction of sp³-hybridized carbons (Fsp3) is 0.667. The van der Waals surface area contributed by atoms with Gasteiger partial charge in [0.1, 0.15) is 5.75 Å². The van der Waals surface area contributed by atoms with Gasteiger partial charge < -0.3 is 10.1 Å². The number of halogens is 1. The number of nitrogens with one attached hydrogen (secondary N) is 1. The molecule has 2 aliphatic rings. The third kappa shape index (κ3) is 4.23. The van der Waals surface area contributed by atoms with Crippen LogP contribution < -0.4 is 10.1 Å². The maximum atomic E-state index is 5.33. The second kappa shape index (κ2) is 7.15. The normalized spacial score (nSPS) is 20.7. The van der Waals surface area contributed by atoms with Gasteiger partial charge in [-0.05, 0) is 71.3 Å². The monoisotopic (exact) mass is 351 g/mol. The second-order valence-electron chi connectivity index (χ2n) is 6.66. The molecule has 0 aliphatic heterocycles. The van der Waals surface area contributed by atoms with E-state index < -0.39 is 0 Å². The van der Waals surface area contributed by atoms with Crippen LogP contribution in [0.4, 0.5) is 0 Å². The van der Waals surface area contributed by atoms with Crippen LogP contribution in [0.5, 0.6) is 5.75 Å². The highest BCUT2D eigenvalue weighted by molar-refractivity contribution is 9.10. The molecule has 1 unspecified atom stereocenters. The van der Waals surface area contributed by atoms with Crippen LogP contribution in [0.1, 0.15) is 44.1 Å². The van der Waals surface area contributed by atoms with Gasteiger partial charge in [-0.2, -0.15) is 0 Å². The Morgan fingerprint density at radius 2 is 2.00 bits per heavy atom. The largest absolute Gasteiger partial charge is 0.496 e. The summed E-state index contributed by atoms with van der Waals surface area (Å²) in [7, 11) is 1.72. The Morgan fingerprint density at radius 1 is 1.24 bits per heavy atom. The van der Waals surface area contributed by atoms with Crippen molar-refractivity contribution in [1.29, 1.82) is 0 Å². The summed E-state index contributed by atoms with van der Waals surface area (Å²) in [6.07, 6.45) is 9.65. The molecule has 0 heterocycles. The van der Waals surface area contributed by atoms with Crippen molar-refractivity contribution in [1.82, 2.24) is 5.32 Å². The van der Waals surface area contributed by atoms with Gasteiger partial charge in [0.25, 0.3) is 0 Å². The first-order valence-electron chi connectivity index (χ1n) is 8.32. The van der Waals surface area contributed by atoms with Crippen LogP contribution in [0.3, 0.4) is 0 Å². The van der Waals surface area contributed by atoms with E-state index in [2.05, 4.69) is 39.4 Å². The summed E-state index contributed by atoms with van der Waals surface area (Å²) in [5, 5.41) is 3.75. The molecule has 2 aliphatic carbocycles. The van der Waals surface area contributed by atoms with Crippen molar-refractivity contribution in [3.63, 3.8) is 0 Å². The number of rotatable bonds is 7. The zero-order chi connectivity index (χ0) is 14.7. The Labute approximate surface area is 136 Å². The van der Waals surface area contributed by atoms with E-state index >= 15 is 0 Å². The topological polar surface area (TPSA) is 21.3 Å². The molecule has 1 atom stereocenters. The van der Waals surface area contributed by atoms with Crippen molar-refractivity contribution in [2.75, 3.05) is 13.7 Å². The van der Waals surface area contributed by atoms with Gasteiger partial charge in [-0.25, -0.2) is 0 Å². The summed E-state index contributed by atoms with van der Waals surface area (Å²) < 4.78 is 6.40. The maximum absolute atomic E-state index is 5.33. The first-order chi connectivity index (χ1) is 10.3. The van der Waals surface area contributed by atoms with E-state index in [0.717, 1.165) is 28.1 Å². The molecule has 1 aromatic carbocycles. The first-order valence-corrected chi connectivity index (χ1v) is 9.11. The minimum absolute atomic E-state index is 0.786. The van der Waals surface area contributed by atoms with Crippen molar-refractivity contribution in [2.24, 2.45) is 11.8 Å². The van der Waals surface area contributed by atoms with Crippen LogP contribution in [0.25, 0.3) is 0 Å². The van der Waals surface area contributed by atoms with Gasteiger partial charge in [0.15, 0.2) is 0 Å². The van der Waals surface area contributed by atoms with Crippen molar-refractivity contribution in [3.8, 4) is 5.75 Å². The SMILES string of the molecule is COc1ccc(CC(CNC2CC2)C2CCCC2)cc1Br. The van der Waals surface area contributed by atoms with Crippen LogP contribution in [0.2, 0.25) is 0 Å². The van der Waals surface area contributed by atoms with Gasteiger partial charge in [0.05, 0.1) is 11.6 Å². The molecule has 0 amide bonds. The predicted octanol–water partition coefficient (Wildman–Crippen LogP) is 4.56. The van der Waals surface area contributed by atoms with Gasteiger partial charge in [-0.15, -0.1) is 0 Å². The standard InChI is InChI=1S/C18H26BrNO/c1-21-18-9-6-13(11-17(18)19)10-15(12-20-16-7-8-16)14-4-2-3-5-14/h6,9,11,14-16,20H,2-5,7-8,10,12H2,1H3. The van der Waals surface area contributed by atoms with Crippen LogP contribution in [0, 0.1) is 11.8 Å². The molecule has 2 nitrogen and oxygen atoms in total. The van der Waals surface area contributed by atoms with E-state index in [1.807, 2.05) is 0 Å². The molecule has 116 valence electrons. The van der Waals surface area contributed by atoms with Gasteiger partial charge in [-0.3, -0.25) is 0 Å². The predicted molar refractivity (Wildman–Crippen MR) is 90.9 cm³/mol. The molecular weight excluding hydrogens is 326 g/mol. The Kier molecular flexibility index (Phi) is 5.23. The van der Waals surface area contributed by atoms with Crippen LogP contribution in [-0.4, -0.2) is 19.7 Å². The average molecular weight is 352 g/mol. The molecule has 0 spiro atoms. The minimum Gasteiger partial charge on any atom is -0.496 e. The fourth-order valence-corrected chi connectivity index (χ4v) is 4.17. The lowest BCUT2D eigenvalue weighted by atomic mass is 9.85. The molecule has 2 fully saturated rings. The first kappa shape index (κ1) is 15.4. The maximum Gasteiger partial charge on any atom is 0.133 e. The summed E-state index contributed by atoms with van der Waals surface area (Å²) in [5.74, 6) is 2.62.